The summed E-state index contributed by atoms with van der Waals surface area (Å²) in [6, 6.07) is 1.95. The molecule has 0 unspecified atom stereocenters. The Morgan fingerprint density at radius 2 is 2.25 bits per heavy atom. The Morgan fingerprint density at radius 1 is 1.44 bits per heavy atom. The highest BCUT2D eigenvalue weighted by molar-refractivity contribution is 5.50. The number of nitrogen functional groups attached to an aromatic ring is 1. The lowest BCUT2D eigenvalue weighted by Crippen LogP contribution is -2.11. The van der Waals surface area contributed by atoms with Gasteiger partial charge in [0.1, 0.15) is 5.82 Å². The van der Waals surface area contributed by atoms with Gasteiger partial charge in [0.05, 0.1) is 18.5 Å². The van der Waals surface area contributed by atoms with Gasteiger partial charge in [-0.05, 0) is 25.0 Å². The van der Waals surface area contributed by atoms with Gasteiger partial charge in [-0.2, -0.15) is 0 Å². The molecule has 0 amide bonds. The van der Waals surface area contributed by atoms with Gasteiger partial charge in [0.2, 0.25) is 0 Å². The van der Waals surface area contributed by atoms with E-state index in [0.29, 0.717) is 6.61 Å². The number of ether oxygens (including phenoxy) is 1. The van der Waals surface area contributed by atoms with E-state index in [1.165, 1.54) is 6.42 Å². The molecule has 0 aliphatic carbocycles. The number of nitrogens with zero attached hydrogens (tertiary/aromatic N) is 1. The highest BCUT2D eigenvalue weighted by Gasteiger charge is 1.97. The zero-order chi connectivity index (χ0) is 11.8. The number of hydrogen-bond donors (Lipinski definition) is 2. The molecule has 0 atom stereocenters. The molecule has 90 valence electrons. The Bertz CT molecular complexity index is 315. The first kappa shape index (κ1) is 12.8. The van der Waals surface area contributed by atoms with Gasteiger partial charge in [0, 0.05) is 13.2 Å². The lowest BCUT2D eigenvalue weighted by molar-refractivity contribution is 0.141. The van der Waals surface area contributed by atoms with Crippen molar-refractivity contribution in [2.75, 3.05) is 30.8 Å². The molecule has 0 bridgehead atoms. The normalized spacial score (nSPS) is 10.4. The Labute approximate surface area is 97.2 Å². The largest absolute Gasteiger partial charge is 0.397 e. The zero-order valence-electron chi connectivity index (χ0n) is 10.1. The van der Waals surface area contributed by atoms with Crippen LogP contribution in [0, 0.1) is 6.92 Å². The minimum Gasteiger partial charge on any atom is -0.397 e. The van der Waals surface area contributed by atoms with Crippen molar-refractivity contribution in [3.8, 4) is 0 Å². The van der Waals surface area contributed by atoms with Gasteiger partial charge in [0.25, 0.3) is 0 Å². The standard InChI is InChI=1S/C12H21N3O/c1-3-4-6-16-7-5-14-12-8-10(2)11(13)9-15-12/h8-9H,3-7,13H2,1-2H3,(H,14,15). The fourth-order valence-corrected chi connectivity index (χ4v) is 1.26. The number of nitrogens with one attached hydrogen (secondary N) is 1. The van der Waals surface area contributed by atoms with Crippen LogP contribution in [-0.2, 0) is 4.74 Å². The molecule has 0 aromatic carbocycles. The molecule has 0 saturated heterocycles. The summed E-state index contributed by atoms with van der Waals surface area (Å²) < 4.78 is 5.43. The minimum atomic E-state index is 0.713. The van der Waals surface area contributed by atoms with E-state index in [1.54, 1.807) is 6.20 Å². The van der Waals surface area contributed by atoms with Crippen molar-refractivity contribution < 1.29 is 4.74 Å². The van der Waals surface area contributed by atoms with Gasteiger partial charge >= 0.3 is 0 Å². The number of nitrogens with two attached hydrogens (primary N) is 1. The van der Waals surface area contributed by atoms with E-state index in [4.69, 9.17) is 10.5 Å². The van der Waals surface area contributed by atoms with E-state index >= 15 is 0 Å². The number of aryl methyl sites for hydroxylation is 1. The summed E-state index contributed by atoms with van der Waals surface area (Å²) in [5, 5.41) is 3.20. The van der Waals surface area contributed by atoms with Crippen LogP contribution in [0.4, 0.5) is 11.5 Å². The number of hydrogen-bond acceptors (Lipinski definition) is 4. The predicted molar refractivity (Wildman–Crippen MR) is 67.6 cm³/mol. The van der Waals surface area contributed by atoms with E-state index in [1.807, 2.05) is 13.0 Å². The van der Waals surface area contributed by atoms with Gasteiger partial charge in [-0.1, -0.05) is 13.3 Å². The molecular weight excluding hydrogens is 202 g/mol. The SMILES string of the molecule is CCCCOCCNc1cc(C)c(N)cn1. The Morgan fingerprint density at radius 3 is 2.94 bits per heavy atom. The maximum atomic E-state index is 5.68. The molecule has 16 heavy (non-hydrogen) atoms. The second kappa shape index (κ2) is 7.06. The molecule has 0 spiro atoms. The molecule has 1 aromatic heterocycles. The minimum absolute atomic E-state index is 0.713. The highest BCUT2D eigenvalue weighted by Crippen LogP contribution is 2.12. The summed E-state index contributed by atoms with van der Waals surface area (Å²) in [6.45, 7) is 6.46. The summed E-state index contributed by atoms with van der Waals surface area (Å²) in [6.07, 6.45) is 3.97. The summed E-state index contributed by atoms with van der Waals surface area (Å²) >= 11 is 0. The van der Waals surface area contributed by atoms with E-state index < -0.39 is 0 Å². The Hall–Kier alpha value is -1.29. The van der Waals surface area contributed by atoms with E-state index in [2.05, 4.69) is 17.2 Å². The van der Waals surface area contributed by atoms with Crippen molar-refractivity contribution in [3.63, 3.8) is 0 Å². The highest BCUT2D eigenvalue weighted by atomic mass is 16.5. The van der Waals surface area contributed by atoms with Crippen molar-refractivity contribution in [3.05, 3.63) is 17.8 Å². The lowest BCUT2D eigenvalue weighted by Gasteiger charge is -2.07. The van der Waals surface area contributed by atoms with Crippen LogP contribution in [0.3, 0.4) is 0 Å². The van der Waals surface area contributed by atoms with Gasteiger partial charge in [-0.25, -0.2) is 4.98 Å². The third kappa shape index (κ3) is 4.49. The van der Waals surface area contributed by atoms with Crippen molar-refractivity contribution in [1.82, 2.24) is 4.98 Å². The van der Waals surface area contributed by atoms with Gasteiger partial charge < -0.3 is 15.8 Å². The lowest BCUT2D eigenvalue weighted by atomic mass is 10.2. The number of pyridine rings is 1. The van der Waals surface area contributed by atoms with Crippen LogP contribution in [0.25, 0.3) is 0 Å². The second-order valence-electron chi connectivity index (χ2n) is 3.82. The molecule has 1 aromatic rings. The molecule has 0 saturated carbocycles. The second-order valence-corrected chi connectivity index (χ2v) is 3.82. The Balaban J connectivity index is 2.19. The molecule has 0 fully saturated rings. The maximum absolute atomic E-state index is 5.68. The summed E-state index contributed by atoms with van der Waals surface area (Å²) in [7, 11) is 0. The number of anilines is 2. The molecule has 0 aliphatic heterocycles. The van der Waals surface area contributed by atoms with Crippen LogP contribution in [0.5, 0.6) is 0 Å². The fourth-order valence-electron chi connectivity index (χ4n) is 1.26. The van der Waals surface area contributed by atoms with Crippen molar-refractivity contribution >= 4 is 11.5 Å². The molecule has 3 N–H and O–H groups in total. The topological polar surface area (TPSA) is 60.2 Å². The maximum Gasteiger partial charge on any atom is 0.126 e. The molecular formula is C12H21N3O. The van der Waals surface area contributed by atoms with Crippen molar-refractivity contribution in [1.29, 1.82) is 0 Å². The van der Waals surface area contributed by atoms with Gasteiger partial charge in [0.15, 0.2) is 0 Å². The zero-order valence-corrected chi connectivity index (χ0v) is 10.1. The molecule has 1 rings (SSSR count). The van der Waals surface area contributed by atoms with Crippen LogP contribution < -0.4 is 11.1 Å². The third-order valence-corrected chi connectivity index (χ3v) is 2.35. The summed E-state index contributed by atoms with van der Waals surface area (Å²) in [5.41, 5.74) is 7.46. The first-order chi connectivity index (χ1) is 7.74. The van der Waals surface area contributed by atoms with Crippen LogP contribution in [0.2, 0.25) is 0 Å². The molecule has 4 heteroatoms. The van der Waals surface area contributed by atoms with E-state index in [0.717, 1.165) is 36.6 Å². The monoisotopic (exact) mass is 223 g/mol. The van der Waals surface area contributed by atoms with Crippen LogP contribution >= 0.6 is 0 Å². The average Bonchev–Trinajstić information content (AvgIpc) is 2.28. The quantitative estimate of drug-likeness (QED) is 0.696. The first-order valence-corrected chi connectivity index (χ1v) is 5.77. The first-order valence-electron chi connectivity index (χ1n) is 5.77. The van der Waals surface area contributed by atoms with E-state index in [9.17, 15) is 0 Å². The van der Waals surface area contributed by atoms with Crippen LogP contribution in [0.1, 0.15) is 25.3 Å². The number of unbranched alkanes of at least 4 members (excludes halogenated alkanes) is 1. The van der Waals surface area contributed by atoms with Gasteiger partial charge in [-0.15, -0.1) is 0 Å². The molecule has 0 aliphatic rings. The van der Waals surface area contributed by atoms with Crippen molar-refractivity contribution in [2.24, 2.45) is 0 Å². The molecule has 1 heterocycles. The summed E-state index contributed by atoms with van der Waals surface area (Å²) in [4.78, 5) is 4.18. The third-order valence-electron chi connectivity index (χ3n) is 2.35. The van der Waals surface area contributed by atoms with E-state index in [-0.39, 0.29) is 0 Å². The summed E-state index contributed by atoms with van der Waals surface area (Å²) in [5.74, 6) is 0.853. The Kier molecular flexibility index (Phi) is 5.64. The fraction of sp³-hybridized carbons (Fsp3) is 0.583. The average molecular weight is 223 g/mol. The predicted octanol–water partition coefficient (Wildman–Crippen LogP) is 2.20. The smallest absolute Gasteiger partial charge is 0.126 e. The van der Waals surface area contributed by atoms with Gasteiger partial charge in [-0.3, -0.25) is 0 Å². The van der Waals surface area contributed by atoms with Crippen LogP contribution in [0.15, 0.2) is 12.3 Å². The molecule has 0 radical (unpaired) electrons. The number of rotatable bonds is 7. The number of aromatic nitrogens is 1. The van der Waals surface area contributed by atoms with Crippen LogP contribution in [-0.4, -0.2) is 24.7 Å². The van der Waals surface area contributed by atoms with Crippen molar-refractivity contribution in [2.45, 2.75) is 26.7 Å². The molecule has 4 nitrogen and oxygen atoms in total.